The van der Waals surface area contributed by atoms with E-state index in [0.717, 1.165) is 44.9 Å². The van der Waals surface area contributed by atoms with E-state index in [9.17, 15) is 4.79 Å². The Bertz CT molecular complexity index is 583. The van der Waals surface area contributed by atoms with Crippen LogP contribution in [0, 0.1) is 5.92 Å². The maximum atomic E-state index is 12.3. The summed E-state index contributed by atoms with van der Waals surface area (Å²) in [5.41, 5.74) is 0. The zero-order valence-electron chi connectivity index (χ0n) is 14.1. The van der Waals surface area contributed by atoms with Gasteiger partial charge < -0.3 is 14.8 Å². The summed E-state index contributed by atoms with van der Waals surface area (Å²) in [7, 11) is 1.56. The van der Waals surface area contributed by atoms with Crippen LogP contribution in [0.5, 0.6) is 11.8 Å². The standard InChI is InChI=1S/C18H25N3O3/c1-23-17-18(20-12-11-19-17)24-15-9-7-14(8-10-15)21-16(22)13-5-3-2-4-6-13/h2-3,11-15H,4-10H2,1H3,(H,21,22). The number of rotatable bonds is 5. The Labute approximate surface area is 142 Å². The van der Waals surface area contributed by atoms with E-state index in [4.69, 9.17) is 9.47 Å². The van der Waals surface area contributed by atoms with E-state index in [2.05, 4.69) is 27.4 Å². The SMILES string of the molecule is COc1nccnc1OC1CCC(NC(=O)C2CC=CCC2)CC1. The number of hydrogen-bond donors (Lipinski definition) is 1. The molecule has 24 heavy (non-hydrogen) atoms. The Hall–Kier alpha value is -2.11. The first-order chi connectivity index (χ1) is 11.8. The van der Waals surface area contributed by atoms with Gasteiger partial charge in [-0.3, -0.25) is 4.79 Å². The highest BCUT2D eigenvalue weighted by Gasteiger charge is 2.27. The topological polar surface area (TPSA) is 73.3 Å². The van der Waals surface area contributed by atoms with Crippen molar-refractivity contribution < 1.29 is 14.3 Å². The van der Waals surface area contributed by atoms with Crippen molar-refractivity contribution in [1.29, 1.82) is 0 Å². The first kappa shape index (κ1) is 16.7. The van der Waals surface area contributed by atoms with Gasteiger partial charge in [0, 0.05) is 24.4 Å². The normalized spacial score (nSPS) is 26.6. The zero-order chi connectivity index (χ0) is 16.8. The molecule has 1 N–H and O–H groups in total. The van der Waals surface area contributed by atoms with Gasteiger partial charge in [0.25, 0.3) is 11.8 Å². The maximum absolute atomic E-state index is 12.3. The molecule has 0 radical (unpaired) electrons. The molecule has 0 aromatic carbocycles. The summed E-state index contributed by atoms with van der Waals surface area (Å²) in [6.45, 7) is 0. The van der Waals surface area contributed by atoms with Gasteiger partial charge in [-0.1, -0.05) is 12.2 Å². The van der Waals surface area contributed by atoms with Crippen molar-refractivity contribution in [3.05, 3.63) is 24.5 Å². The smallest absolute Gasteiger partial charge is 0.278 e. The molecule has 0 aliphatic heterocycles. The first-order valence-electron chi connectivity index (χ1n) is 8.73. The van der Waals surface area contributed by atoms with Crippen LogP contribution in [0.1, 0.15) is 44.9 Å². The summed E-state index contributed by atoms with van der Waals surface area (Å²) in [5.74, 6) is 1.21. The van der Waals surface area contributed by atoms with E-state index < -0.39 is 0 Å². The van der Waals surface area contributed by atoms with E-state index >= 15 is 0 Å². The molecule has 1 atom stereocenters. The van der Waals surface area contributed by atoms with Gasteiger partial charge in [-0.2, -0.15) is 0 Å². The number of hydrogen-bond acceptors (Lipinski definition) is 5. The minimum absolute atomic E-state index is 0.0985. The lowest BCUT2D eigenvalue weighted by Crippen LogP contribution is -2.42. The lowest BCUT2D eigenvalue weighted by molar-refractivity contribution is -0.126. The van der Waals surface area contributed by atoms with Gasteiger partial charge in [0.1, 0.15) is 6.10 Å². The van der Waals surface area contributed by atoms with Gasteiger partial charge in [0.2, 0.25) is 5.91 Å². The molecule has 1 unspecified atom stereocenters. The number of amides is 1. The number of nitrogens with zero attached hydrogens (tertiary/aromatic N) is 2. The molecule has 1 fully saturated rings. The Kier molecular flexibility index (Phi) is 5.67. The van der Waals surface area contributed by atoms with Crippen LogP contribution >= 0.6 is 0 Å². The minimum atomic E-state index is 0.0985. The molecule has 1 aromatic rings. The maximum Gasteiger partial charge on any atom is 0.278 e. The molecular formula is C18H25N3O3. The summed E-state index contributed by atoms with van der Waals surface area (Å²) in [4.78, 5) is 20.6. The summed E-state index contributed by atoms with van der Waals surface area (Å²) >= 11 is 0. The predicted octanol–water partition coefficient (Wildman–Crippen LogP) is 2.65. The number of ether oxygens (including phenoxy) is 2. The molecule has 1 amide bonds. The number of carbonyl (C=O) groups is 1. The van der Waals surface area contributed by atoms with E-state index in [1.165, 1.54) is 0 Å². The summed E-state index contributed by atoms with van der Waals surface area (Å²) < 4.78 is 11.1. The molecule has 130 valence electrons. The molecule has 6 heteroatoms. The van der Waals surface area contributed by atoms with Crippen LogP contribution in [0.4, 0.5) is 0 Å². The highest BCUT2D eigenvalue weighted by Crippen LogP contribution is 2.27. The molecule has 6 nitrogen and oxygen atoms in total. The van der Waals surface area contributed by atoms with Crippen molar-refractivity contribution in [1.82, 2.24) is 15.3 Å². The molecule has 3 rings (SSSR count). The van der Waals surface area contributed by atoms with Crippen LogP contribution in [0.2, 0.25) is 0 Å². The molecule has 0 bridgehead atoms. The quantitative estimate of drug-likeness (QED) is 0.840. The largest absolute Gasteiger partial charge is 0.477 e. The second-order valence-electron chi connectivity index (χ2n) is 6.45. The van der Waals surface area contributed by atoms with Crippen molar-refractivity contribution >= 4 is 5.91 Å². The summed E-state index contributed by atoms with van der Waals surface area (Å²) in [5, 5.41) is 3.21. The van der Waals surface area contributed by atoms with Crippen LogP contribution in [0.25, 0.3) is 0 Å². The fourth-order valence-corrected chi connectivity index (χ4v) is 3.37. The fourth-order valence-electron chi connectivity index (χ4n) is 3.37. The summed E-state index contributed by atoms with van der Waals surface area (Å²) in [6.07, 6.45) is 14.1. The predicted molar refractivity (Wildman–Crippen MR) is 89.9 cm³/mol. The Morgan fingerprint density at radius 1 is 1.08 bits per heavy atom. The Morgan fingerprint density at radius 2 is 1.83 bits per heavy atom. The Balaban J connectivity index is 1.45. The lowest BCUT2D eigenvalue weighted by atomic mass is 9.90. The first-order valence-corrected chi connectivity index (χ1v) is 8.73. The van der Waals surface area contributed by atoms with Crippen molar-refractivity contribution in [2.45, 2.75) is 57.1 Å². The van der Waals surface area contributed by atoms with Crippen molar-refractivity contribution in [2.75, 3.05) is 7.11 Å². The third-order valence-electron chi connectivity index (χ3n) is 4.77. The van der Waals surface area contributed by atoms with E-state index in [-0.39, 0.29) is 24.0 Å². The average molecular weight is 331 g/mol. The average Bonchev–Trinajstić information content (AvgIpc) is 2.64. The Morgan fingerprint density at radius 3 is 2.50 bits per heavy atom. The molecule has 1 aromatic heterocycles. The van der Waals surface area contributed by atoms with Gasteiger partial charge >= 0.3 is 0 Å². The number of allylic oxidation sites excluding steroid dienone is 2. The van der Waals surface area contributed by atoms with Gasteiger partial charge in [0.05, 0.1) is 7.11 Å². The lowest BCUT2D eigenvalue weighted by Gasteiger charge is -2.30. The van der Waals surface area contributed by atoms with Crippen LogP contribution in [0.15, 0.2) is 24.5 Å². The van der Waals surface area contributed by atoms with Gasteiger partial charge in [-0.15, -0.1) is 0 Å². The molecule has 0 spiro atoms. The molecular weight excluding hydrogens is 306 g/mol. The molecule has 1 heterocycles. The highest BCUT2D eigenvalue weighted by molar-refractivity contribution is 5.79. The van der Waals surface area contributed by atoms with Crippen LogP contribution in [0.3, 0.4) is 0 Å². The zero-order valence-corrected chi connectivity index (χ0v) is 14.1. The van der Waals surface area contributed by atoms with Crippen molar-refractivity contribution in [3.8, 4) is 11.8 Å². The van der Waals surface area contributed by atoms with Gasteiger partial charge in [0.15, 0.2) is 0 Å². The van der Waals surface area contributed by atoms with E-state index in [0.29, 0.717) is 11.8 Å². The molecule has 2 aliphatic carbocycles. The second kappa shape index (κ2) is 8.13. The van der Waals surface area contributed by atoms with E-state index in [1.54, 1.807) is 19.5 Å². The van der Waals surface area contributed by atoms with Gasteiger partial charge in [-0.05, 0) is 44.9 Å². The van der Waals surface area contributed by atoms with Crippen molar-refractivity contribution in [2.24, 2.45) is 5.92 Å². The highest BCUT2D eigenvalue weighted by atomic mass is 16.5. The number of methoxy groups -OCH3 is 1. The summed E-state index contributed by atoms with van der Waals surface area (Å²) in [6, 6.07) is 0.256. The van der Waals surface area contributed by atoms with Crippen LogP contribution in [-0.4, -0.2) is 35.1 Å². The van der Waals surface area contributed by atoms with Gasteiger partial charge in [-0.25, -0.2) is 9.97 Å². The second-order valence-corrected chi connectivity index (χ2v) is 6.45. The minimum Gasteiger partial charge on any atom is -0.477 e. The number of carbonyl (C=O) groups excluding carboxylic acids is 1. The third kappa shape index (κ3) is 4.24. The molecule has 0 saturated heterocycles. The van der Waals surface area contributed by atoms with Crippen LogP contribution < -0.4 is 14.8 Å². The monoisotopic (exact) mass is 331 g/mol. The van der Waals surface area contributed by atoms with Crippen molar-refractivity contribution in [3.63, 3.8) is 0 Å². The molecule has 1 saturated carbocycles. The number of aromatic nitrogens is 2. The number of nitrogens with one attached hydrogen (secondary N) is 1. The molecule has 2 aliphatic rings. The van der Waals surface area contributed by atoms with Crippen LogP contribution in [-0.2, 0) is 4.79 Å². The fraction of sp³-hybridized carbons (Fsp3) is 0.611. The van der Waals surface area contributed by atoms with E-state index in [1.807, 2.05) is 0 Å². The third-order valence-corrected chi connectivity index (χ3v) is 4.77.